The van der Waals surface area contributed by atoms with Crippen LogP contribution in [0, 0.1) is 11.8 Å². The minimum Gasteiger partial charge on any atom is -0.345 e. The van der Waals surface area contributed by atoms with Crippen LogP contribution in [0.15, 0.2) is 0 Å². The fourth-order valence-electron chi connectivity index (χ4n) is 2.98. The average Bonchev–Trinajstić information content (AvgIpc) is 2.42. The Kier molecular flexibility index (Phi) is 8.05. The molecular formula is C16H30BrNO. The highest BCUT2D eigenvalue weighted by atomic mass is 79.9. The maximum atomic E-state index is 12.3. The van der Waals surface area contributed by atoms with E-state index < -0.39 is 0 Å². The van der Waals surface area contributed by atoms with Gasteiger partial charge in [-0.2, -0.15) is 0 Å². The first kappa shape index (κ1) is 17.0. The second kappa shape index (κ2) is 8.99. The minimum absolute atomic E-state index is 0.300. The van der Waals surface area contributed by atoms with Crippen LogP contribution in [0.25, 0.3) is 0 Å². The van der Waals surface area contributed by atoms with Crippen LogP contribution in [-0.4, -0.2) is 29.2 Å². The Morgan fingerprint density at radius 3 is 2.47 bits per heavy atom. The monoisotopic (exact) mass is 331 g/mol. The van der Waals surface area contributed by atoms with Crippen molar-refractivity contribution in [1.82, 2.24) is 4.90 Å². The van der Waals surface area contributed by atoms with Crippen molar-refractivity contribution >= 4 is 21.8 Å². The summed E-state index contributed by atoms with van der Waals surface area (Å²) in [6, 6.07) is 0. The highest BCUT2D eigenvalue weighted by Gasteiger charge is 2.27. The number of alkyl halides is 1. The topological polar surface area (TPSA) is 20.3 Å². The van der Waals surface area contributed by atoms with Crippen molar-refractivity contribution in [3.8, 4) is 0 Å². The standard InChI is InChI=1S/C16H30BrNO/c1-4-5-6-14-7-9-15(10-8-14)16(19)18(3)12-11-13(2)17/h13-15H,4-12H2,1-3H3. The lowest BCUT2D eigenvalue weighted by atomic mass is 9.79. The lowest BCUT2D eigenvalue weighted by Gasteiger charge is -2.30. The van der Waals surface area contributed by atoms with E-state index in [1.165, 1.54) is 32.1 Å². The maximum absolute atomic E-state index is 12.3. The van der Waals surface area contributed by atoms with Gasteiger partial charge in [-0.05, 0) is 38.0 Å². The van der Waals surface area contributed by atoms with Gasteiger partial charge < -0.3 is 4.90 Å². The maximum Gasteiger partial charge on any atom is 0.225 e. The molecule has 0 radical (unpaired) electrons. The number of hydrogen-bond acceptors (Lipinski definition) is 1. The molecule has 1 atom stereocenters. The average molecular weight is 332 g/mol. The number of nitrogens with zero attached hydrogens (tertiary/aromatic N) is 1. The van der Waals surface area contributed by atoms with Crippen LogP contribution >= 0.6 is 15.9 Å². The van der Waals surface area contributed by atoms with Crippen molar-refractivity contribution in [1.29, 1.82) is 0 Å². The highest BCUT2D eigenvalue weighted by Crippen LogP contribution is 2.32. The summed E-state index contributed by atoms with van der Waals surface area (Å²) in [4.78, 5) is 14.8. The molecule has 0 aromatic carbocycles. The third-order valence-electron chi connectivity index (χ3n) is 4.40. The number of hydrogen-bond donors (Lipinski definition) is 0. The summed E-state index contributed by atoms with van der Waals surface area (Å²) in [6.45, 7) is 5.27. The van der Waals surface area contributed by atoms with Crippen LogP contribution < -0.4 is 0 Å². The van der Waals surface area contributed by atoms with Gasteiger partial charge >= 0.3 is 0 Å². The van der Waals surface area contributed by atoms with Gasteiger partial charge in [0.1, 0.15) is 0 Å². The zero-order valence-electron chi connectivity index (χ0n) is 12.8. The third kappa shape index (κ3) is 6.29. The van der Waals surface area contributed by atoms with Crippen molar-refractivity contribution in [2.45, 2.75) is 70.0 Å². The van der Waals surface area contributed by atoms with Crippen LogP contribution in [0.5, 0.6) is 0 Å². The van der Waals surface area contributed by atoms with E-state index in [2.05, 4.69) is 29.8 Å². The van der Waals surface area contributed by atoms with Crippen LogP contribution in [-0.2, 0) is 4.79 Å². The quantitative estimate of drug-likeness (QED) is 0.623. The number of carbonyl (C=O) groups is 1. The Balaban J connectivity index is 2.27. The number of unbranched alkanes of at least 4 members (excludes halogenated alkanes) is 1. The molecule has 0 aliphatic heterocycles. The first-order valence-corrected chi connectivity index (χ1v) is 8.85. The Morgan fingerprint density at radius 1 is 1.32 bits per heavy atom. The normalized spacial score (nSPS) is 25.1. The fourth-order valence-corrected chi connectivity index (χ4v) is 3.19. The molecule has 1 unspecified atom stereocenters. The summed E-state index contributed by atoms with van der Waals surface area (Å²) in [5.41, 5.74) is 0. The summed E-state index contributed by atoms with van der Waals surface area (Å²) in [6.07, 6.45) is 9.81. The van der Waals surface area contributed by atoms with Crippen LogP contribution in [0.3, 0.4) is 0 Å². The van der Waals surface area contributed by atoms with E-state index in [1.54, 1.807) is 0 Å². The summed E-state index contributed by atoms with van der Waals surface area (Å²) < 4.78 is 0. The van der Waals surface area contributed by atoms with Gasteiger partial charge in [0.25, 0.3) is 0 Å². The number of carbonyl (C=O) groups excluding carboxylic acids is 1. The molecule has 0 bridgehead atoms. The predicted molar refractivity (Wildman–Crippen MR) is 85.6 cm³/mol. The molecule has 0 spiro atoms. The Labute approximate surface area is 127 Å². The predicted octanol–water partition coefficient (Wildman–Crippen LogP) is 4.61. The largest absolute Gasteiger partial charge is 0.345 e. The molecule has 1 aliphatic rings. The van der Waals surface area contributed by atoms with Crippen molar-refractivity contribution < 1.29 is 4.79 Å². The van der Waals surface area contributed by atoms with E-state index in [-0.39, 0.29) is 0 Å². The molecule has 0 saturated heterocycles. The molecule has 2 nitrogen and oxygen atoms in total. The minimum atomic E-state index is 0.300. The molecule has 0 aromatic heterocycles. The Hall–Kier alpha value is -0.0500. The zero-order valence-corrected chi connectivity index (χ0v) is 14.4. The van der Waals surface area contributed by atoms with Gasteiger partial charge in [-0.3, -0.25) is 4.79 Å². The molecule has 3 heteroatoms. The lowest BCUT2D eigenvalue weighted by Crippen LogP contribution is -2.36. The molecule has 1 amide bonds. The van der Waals surface area contributed by atoms with Crippen molar-refractivity contribution in [2.75, 3.05) is 13.6 Å². The van der Waals surface area contributed by atoms with Crippen molar-refractivity contribution in [3.05, 3.63) is 0 Å². The van der Waals surface area contributed by atoms with E-state index in [4.69, 9.17) is 0 Å². The highest BCUT2D eigenvalue weighted by molar-refractivity contribution is 9.09. The van der Waals surface area contributed by atoms with Gasteiger partial charge in [0.15, 0.2) is 0 Å². The van der Waals surface area contributed by atoms with Gasteiger partial charge in [-0.15, -0.1) is 0 Å². The molecule has 0 heterocycles. The lowest BCUT2D eigenvalue weighted by molar-refractivity contribution is -0.135. The molecule has 1 saturated carbocycles. The van der Waals surface area contributed by atoms with E-state index in [1.807, 2.05) is 11.9 Å². The van der Waals surface area contributed by atoms with Gasteiger partial charge in [-0.1, -0.05) is 49.0 Å². The van der Waals surface area contributed by atoms with Gasteiger partial charge in [-0.25, -0.2) is 0 Å². The summed E-state index contributed by atoms with van der Waals surface area (Å²) in [5.74, 6) is 1.56. The van der Waals surface area contributed by atoms with Crippen molar-refractivity contribution in [2.24, 2.45) is 11.8 Å². The van der Waals surface area contributed by atoms with Crippen LogP contribution in [0.1, 0.15) is 65.2 Å². The number of halogens is 1. The first-order chi connectivity index (χ1) is 9.04. The summed E-state index contributed by atoms with van der Waals surface area (Å²) >= 11 is 3.54. The Bertz CT molecular complexity index is 259. The second-order valence-electron chi connectivity index (χ2n) is 6.19. The van der Waals surface area contributed by atoms with Crippen LogP contribution in [0.4, 0.5) is 0 Å². The fraction of sp³-hybridized carbons (Fsp3) is 0.938. The molecule has 1 aliphatic carbocycles. The van der Waals surface area contributed by atoms with E-state index in [9.17, 15) is 4.79 Å². The molecule has 0 aromatic rings. The Morgan fingerprint density at radius 2 is 1.95 bits per heavy atom. The van der Waals surface area contributed by atoms with E-state index in [0.29, 0.717) is 16.7 Å². The van der Waals surface area contributed by atoms with Gasteiger partial charge in [0, 0.05) is 24.3 Å². The van der Waals surface area contributed by atoms with Gasteiger partial charge in [0.05, 0.1) is 0 Å². The van der Waals surface area contributed by atoms with Gasteiger partial charge in [0.2, 0.25) is 5.91 Å². The molecule has 1 fully saturated rings. The smallest absolute Gasteiger partial charge is 0.225 e. The summed E-state index contributed by atoms with van der Waals surface area (Å²) in [5, 5.41) is 0. The zero-order chi connectivity index (χ0) is 14.3. The second-order valence-corrected chi connectivity index (χ2v) is 7.75. The molecule has 19 heavy (non-hydrogen) atoms. The molecule has 0 N–H and O–H groups in total. The summed E-state index contributed by atoms with van der Waals surface area (Å²) in [7, 11) is 1.96. The molecule has 1 rings (SSSR count). The van der Waals surface area contributed by atoms with Crippen molar-refractivity contribution in [3.63, 3.8) is 0 Å². The third-order valence-corrected chi connectivity index (χ3v) is 4.86. The molecular weight excluding hydrogens is 302 g/mol. The number of amides is 1. The van der Waals surface area contributed by atoms with Crippen LogP contribution in [0.2, 0.25) is 0 Å². The SMILES string of the molecule is CCCCC1CCC(C(=O)N(C)CCC(C)Br)CC1. The number of rotatable bonds is 7. The van der Waals surface area contributed by atoms with E-state index >= 15 is 0 Å². The first-order valence-electron chi connectivity index (χ1n) is 7.93. The van der Waals surface area contributed by atoms with E-state index in [0.717, 1.165) is 31.7 Å². The molecule has 112 valence electrons.